The van der Waals surface area contributed by atoms with Gasteiger partial charge in [0.15, 0.2) is 0 Å². The highest BCUT2D eigenvalue weighted by Gasteiger charge is 2.21. The third kappa shape index (κ3) is 6.02. The Hall–Kier alpha value is -0.500. The Balaban J connectivity index is 2.65. The molecule has 7 heteroatoms. The van der Waals surface area contributed by atoms with Gasteiger partial charge in [0.25, 0.3) is 0 Å². The van der Waals surface area contributed by atoms with Gasteiger partial charge in [-0.15, -0.1) is 0 Å². The van der Waals surface area contributed by atoms with E-state index in [-0.39, 0.29) is 4.90 Å². The van der Waals surface area contributed by atoms with Gasteiger partial charge < -0.3 is 9.73 Å². The van der Waals surface area contributed by atoms with E-state index < -0.39 is 10.0 Å². The van der Waals surface area contributed by atoms with E-state index >= 15 is 0 Å². The van der Waals surface area contributed by atoms with Crippen molar-refractivity contribution in [3.8, 4) is 0 Å². The zero-order valence-electron chi connectivity index (χ0n) is 13.2. The second kappa shape index (κ2) is 8.82. The quantitative estimate of drug-likeness (QED) is 0.643. The highest BCUT2D eigenvalue weighted by molar-refractivity contribution is 7.99. The first-order chi connectivity index (χ1) is 9.90. The molecule has 1 rings (SSSR count). The molecule has 0 aliphatic rings. The van der Waals surface area contributed by atoms with Crippen LogP contribution in [-0.4, -0.2) is 33.0 Å². The molecule has 21 heavy (non-hydrogen) atoms. The molecule has 0 radical (unpaired) electrons. The van der Waals surface area contributed by atoms with Crippen LogP contribution in [0, 0.1) is 6.92 Å². The van der Waals surface area contributed by atoms with Crippen LogP contribution in [0.5, 0.6) is 0 Å². The molecule has 1 aromatic rings. The van der Waals surface area contributed by atoms with E-state index in [1.165, 1.54) is 0 Å². The number of nitrogens with one attached hydrogen (secondary N) is 2. The second-order valence-electron chi connectivity index (χ2n) is 5.04. The first-order valence-corrected chi connectivity index (χ1v) is 10.00. The van der Waals surface area contributed by atoms with Gasteiger partial charge in [0.1, 0.15) is 16.4 Å². The van der Waals surface area contributed by atoms with Crippen LogP contribution < -0.4 is 10.0 Å². The molecule has 1 atom stereocenters. The number of hydrogen-bond acceptors (Lipinski definition) is 5. The molecular formula is C14H26N2O3S2. The molecule has 0 fully saturated rings. The number of aryl methyl sites for hydroxylation is 1. The van der Waals surface area contributed by atoms with Crippen molar-refractivity contribution in [1.29, 1.82) is 0 Å². The minimum absolute atomic E-state index is 0.243. The fourth-order valence-corrected chi connectivity index (χ4v) is 3.46. The van der Waals surface area contributed by atoms with E-state index in [1.54, 1.807) is 24.8 Å². The molecule has 1 heterocycles. The van der Waals surface area contributed by atoms with E-state index in [0.717, 1.165) is 19.4 Å². The van der Waals surface area contributed by atoms with Gasteiger partial charge in [-0.2, -0.15) is 11.8 Å². The monoisotopic (exact) mass is 334 g/mol. The topological polar surface area (TPSA) is 71.3 Å². The molecule has 0 aromatic carbocycles. The summed E-state index contributed by atoms with van der Waals surface area (Å²) in [7, 11) is -3.49. The minimum atomic E-state index is -3.49. The molecule has 1 unspecified atom stereocenters. The number of sulfonamides is 1. The summed E-state index contributed by atoms with van der Waals surface area (Å²) in [5.74, 6) is 1.09. The van der Waals surface area contributed by atoms with Crippen LogP contribution in [0.1, 0.15) is 38.2 Å². The van der Waals surface area contributed by atoms with Crippen molar-refractivity contribution in [1.82, 2.24) is 10.0 Å². The Morgan fingerprint density at radius 2 is 2.10 bits per heavy atom. The molecule has 1 aromatic heterocycles. The molecular weight excluding hydrogens is 308 g/mol. The minimum Gasteiger partial charge on any atom is -0.464 e. The van der Waals surface area contributed by atoms with Crippen molar-refractivity contribution >= 4 is 21.8 Å². The van der Waals surface area contributed by atoms with Gasteiger partial charge in [-0.05, 0) is 32.6 Å². The van der Waals surface area contributed by atoms with Gasteiger partial charge in [-0.25, -0.2) is 13.1 Å². The third-order valence-electron chi connectivity index (χ3n) is 3.18. The summed E-state index contributed by atoms with van der Waals surface area (Å²) < 4.78 is 32.7. The van der Waals surface area contributed by atoms with Crippen molar-refractivity contribution in [2.75, 3.05) is 19.3 Å². The Bertz CT molecular complexity index is 526. The largest absolute Gasteiger partial charge is 0.464 e. The molecule has 0 amide bonds. The van der Waals surface area contributed by atoms with Gasteiger partial charge in [0, 0.05) is 17.9 Å². The zero-order valence-corrected chi connectivity index (χ0v) is 14.9. The van der Waals surface area contributed by atoms with Crippen LogP contribution in [0.4, 0.5) is 0 Å². The van der Waals surface area contributed by atoms with Crippen molar-refractivity contribution in [2.24, 2.45) is 0 Å². The van der Waals surface area contributed by atoms with Crippen molar-refractivity contribution < 1.29 is 12.8 Å². The first-order valence-electron chi connectivity index (χ1n) is 7.23. The number of hydrogen-bond donors (Lipinski definition) is 2. The summed E-state index contributed by atoms with van der Waals surface area (Å²) in [6.45, 7) is 7.72. The van der Waals surface area contributed by atoms with E-state index in [0.29, 0.717) is 29.9 Å². The molecule has 0 aliphatic heterocycles. The van der Waals surface area contributed by atoms with Gasteiger partial charge in [-0.3, -0.25) is 0 Å². The predicted octanol–water partition coefficient (Wildman–Crippen LogP) is 2.51. The fraction of sp³-hybridized carbons (Fsp3) is 0.714. The molecule has 2 N–H and O–H groups in total. The van der Waals surface area contributed by atoms with Crippen LogP contribution in [-0.2, 0) is 16.6 Å². The van der Waals surface area contributed by atoms with Crippen LogP contribution in [0.25, 0.3) is 0 Å². The SMILES string of the molecule is CCCNCc1cc(S(=O)(=O)NCCC(C)SC)c(C)o1. The highest BCUT2D eigenvalue weighted by Crippen LogP contribution is 2.20. The standard InChI is InChI=1S/C14H26N2O3S2/c1-5-7-15-10-13-9-14(12(3)19-13)21(17,18)16-8-6-11(2)20-4/h9,11,15-16H,5-8,10H2,1-4H3. The average molecular weight is 335 g/mol. The molecule has 0 aliphatic carbocycles. The molecule has 122 valence electrons. The lowest BCUT2D eigenvalue weighted by atomic mass is 10.3. The maximum atomic E-state index is 12.3. The Morgan fingerprint density at radius 1 is 1.38 bits per heavy atom. The lowest BCUT2D eigenvalue weighted by Gasteiger charge is -2.09. The van der Waals surface area contributed by atoms with Gasteiger partial charge >= 0.3 is 0 Å². The van der Waals surface area contributed by atoms with E-state index in [9.17, 15) is 8.42 Å². The number of furan rings is 1. The summed E-state index contributed by atoms with van der Waals surface area (Å²) in [5, 5.41) is 3.63. The molecule has 5 nitrogen and oxygen atoms in total. The van der Waals surface area contributed by atoms with Crippen molar-refractivity contribution in [3.05, 3.63) is 17.6 Å². The van der Waals surface area contributed by atoms with Crippen LogP contribution in [0.3, 0.4) is 0 Å². The van der Waals surface area contributed by atoms with Gasteiger partial charge in [0.2, 0.25) is 10.0 Å². The van der Waals surface area contributed by atoms with E-state index in [4.69, 9.17) is 4.42 Å². The summed E-state index contributed by atoms with van der Waals surface area (Å²) in [5.41, 5.74) is 0. The maximum Gasteiger partial charge on any atom is 0.244 e. The Morgan fingerprint density at radius 3 is 2.71 bits per heavy atom. The molecule has 0 spiro atoms. The third-order valence-corrected chi connectivity index (χ3v) is 5.79. The summed E-state index contributed by atoms with van der Waals surface area (Å²) in [6, 6.07) is 1.61. The van der Waals surface area contributed by atoms with E-state index in [1.807, 2.05) is 6.26 Å². The second-order valence-corrected chi connectivity index (χ2v) is 8.05. The summed E-state index contributed by atoms with van der Waals surface area (Å²) >= 11 is 1.73. The van der Waals surface area contributed by atoms with Crippen LogP contribution >= 0.6 is 11.8 Å². The number of thioether (sulfide) groups is 1. The number of rotatable bonds is 10. The fourth-order valence-electron chi connectivity index (χ4n) is 1.86. The summed E-state index contributed by atoms with van der Waals surface area (Å²) in [6.07, 6.45) is 3.86. The predicted molar refractivity (Wildman–Crippen MR) is 88.2 cm³/mol. The van der Waals surface area contributed by atoms with Crippen LogP contribution in [0.15, 0.2) is 15.4 Å². The van der Waals surface area contributed by atoms with Gasteiger partial charge in [-0.1, -0.05) is 13.8 Å². The molecule has 0 bridgehead atoms. The highest BCUT2D eigenvalue weighted by atomic mass is 32.2. The Kier molecular flexibility index (Phi) is 7.79. The normalized spacial score (nSPS) is 13.5. The first kappa shape index (κ1) is 18.5. The van der Waals surface area contributed by atoms with Gasteiger partial charge in [0.05, 0.1) is 6.54 Å². The van der Waals surface area contributed by atoms with Crippen molar-refractivity contribution in [2.45, 2.75) is 50.3 Å². The Labute approximate surface area is 132 Å². The zero-order chi connectivity index (χ0) is 15.9. The smallest absolute Gasteiger partial charge is 0.244 e. The lowest BCUT2D eigenvalue weighted by Crippen LogP contribution is -2.26. The van der Waals surface area contributed by atoms with Crippen molar-refractivity contribution in [3.63, 3.8) is 0 Å². The maximum absolute atomic E-state index is 12.3. The molecule has 0 saturated carbocycles. The average Bonchev–Trinajstić information content (AvgIpc) is 2.80. The van der Waals surface area contributed by atoms with E-state index in [2.05, 4.69) is 23.9 Å². The summed E-state index contributed by atoms with van der Waals surface area (Å²) in [4.78, 5) is 0.243. The van der Waals surface area contributed by atoms with Crippen LogP contribution in [0.2, 0.25) is 0 Å². The lowest BCUT2D eigenvalue weighted by molar-refractivity contribution is 0.457. The molecule has 0 saturated heterocycles.